The fourth-order valence-corrected chi connectivity index (χ4v) is 3.10. The van der Waals surface area contributed by atoms with Crippen molar-refractivity contribution in [1.82, 2.24) is 4.98 Å². The van der Waals surface area contributed by atoms with E-state index in [0.29, 0.717) is 17.9 Å². The van der Waals surface area contributed by atoms with Gasteiger partial charge in [-0.25, -0.2) is 4.79 Å². The molecule has 0 aliphatic rings. The first-order valence-corrected chi connectivity index (χ1v) is 8.84. The summed E-state index contributed by atoms with van der Waals surface area (Å²) in [6, 6.07) is 16.7. The Labute approximate surface area is 158 Å². The molecule has 3 rings (SSSR count). The smallest absolute Gasteiger partial charge is 0.355 e. The molecule has 5 nitrogen and oxygen atoms in total. The number of aryl methyl sites for hydroxylation is 1. The molecule has 0 unspecified atom stereocenters. The Hall–Kier alpha value is -3.34. The molecule has 5 heteroatoms. The summed E-state index contributed by atoms with van der Waals surface area (Å²) in [5, 5.41) is 2.87. The van der Waals surface area contributed by atoms with Crippen molar-refractivity contribution in [2.45, 2.75) is 20.8 Å². The number of amides is 1. The van der Waals surface area contributed by atoms with Gasteiger partial charge in [0.2, 0.25) is 0 Å². The van der Waals surface area contributed by atoms with Gasteiger partial charge in [-0.15, -0.1) is 0 Å². The molecular formula is C22H22N2O3. The van der Waals surface area contributed by atoms with Gasteiger partial charge in [0.15, 0.2) is 0 Å². The average molecular weight is 362 g/mol. The number of esters is 1. The number of nitrogens with one attached hydrogen (secondary N) is 2. The number of H-pyrrole nitrogens is 1. The van der Waals surface area contributed by atoms with E-state index >= 15 is 0 Å². The van der Waals surface area contributed by atoms with Crippen LogP contribution in [0.15, 0.2) is 54.6 Å². The molecule has 1 heterocycles. The van der Waals surface area contributed by atoms with Crippen molar-refractivity contribution >= 4 is 17.6 Å². The maximum Gasteiger partial charge on any atom is 0.355 e. The van der Waals surface area contributed by atoms with E-state index in [4.69, 9.17) is 4.74 Å². The first kappa shape index (κ1) is 18.5. The van der Waals surface area contributed by atoms with Crippen molar-refractivity contribution in [3.05, 3.63) is 77.1 Å². The molecule has 0 spiro atoms. The minimum atomic E-state index is -0.358. The largest absolute Gasteiger partial charge is 0.461 e. The second-order valence-corrected chi connectivity index (χ2v) is 6.24. The van der Waals surface area contributed by atoms with Gasteiger partial charge in [-0.1, -0.05) is 30.3 Å². The number of carbonyl (C=O) groups is 2. The number of carbonyl (C=O) groups excluding carboxylic acids is 2. The van der Waals surface area contributed by atoms with Crippen molar-refractivity contribution in [2.24, 2.45) is 0 Å². The first-order chi connectivity index (χ1) is 13.0. The zero-order valence-corrected chi connectivity index (χ0v) is 15.6. The van der Waals surface area contributed by atoms with E-state index in [1.165, 1.54) is 0 Å². The van der Waals surface area contributed by atoms with Gasteiger partial charge in [-0.2, -0.15) is 0 Å². The predicted molar refractivity (Wildman–Crippen MR) is 106 cm³/mol. The molecule has 0 fully saturated rings. The molecule has 2 aromatic carbocycles. The highest BCUT2D eigenvalue weighted by Crippen LogP contribution is 2.30. The van der Waals surface area contributed by atoms with Gasteiger partial charge < -0.3 is 15.0 Å². The van der Waals surface area contributed by atoms with Crippen LogP contribution in [0.25, 0.3) is 11.1 Å². The van der Waals surface area contributed by atoms with Crippen LogP contribution in [0.3, 0.4) is 0 Å². The number of aromatic nitrogens is 1. The lowest BCUT2D eigenvalue weighted by Crippen LogP contribution is -2.11. The van der Waals surface area contributed by atoms with Crippen LogP contribution < -0.4 is 5.32 Å². The molecule has 1 amide bonds. The molecular weight excluding hydrogens is 340 g/mol. The van der Waals surface area contributed by atoms with Crippen LogP contribution in [0, 0.1) is 13.8 Å². The molecule has 138 valence electrons. The number of benzene rings is 2. The number of ether oxygens (including phenoxy) is 1. The highest BCUT2D eigenvalue weighted by molar-refractivity contribution is 6.04. The minimum absolute atomic E-state index is 0.164. The van der Waals surface area contributed by atoms with Crippen molar-refractivity contribution in [3.8, 4) is 11.1 Å². The maximum atomic E-state index is 12.4. The van der Waals surface area contributed by atoms with Crippen molar-refractivity contribution in [3.63, 3.8) is 0 Å². The van der Waals surface area contributed by atoms with E-state index < -0.39 is 0 Å². The summed E-state index contributed by atoms with van der Waals surface area (Å²) in [6.07, 6.45) is 0. The lowest BCUT2D eigenvalue weighted by atomic mass is 10.00. The Balaban J connectivity index is 1.83. The second-order valence-electron chi connectivity index (χ2n) is 6.24. The van der Waals surface area contributed by atoms with Gasteiger partial charge in [-0.3, -0.25) is 4.79 Å². The first-order valence-electron chi connectivity index (χ1n) is 8.84. The molecule has 27 heavy (non-hydrogen) atoms. The number of anilines is 1. The summed E-state index contributed by atoms with van der Waals surface area (Å²) in [7, 11) is 0. The number of para-hydroxylation sites is 1. The van der Waals surface area contributed by atoms with E-state index in [-0.39, 0.29) is 11.9 Å². The van der Waals surface area contributed by atoms with E-state index in [1.54, 1.807) is 19.1 Å². The zero-order chi connectivity index (χ0) is 19.4. The van der Waals surface area contributed by atoms with Crippen molar-refractivity contribution in [1.29, 1.82) is 0 Å². The van der Waals surface area contributed by atoms with Crippen LogP contribution in [0.1, 0.15) is 39.0 Å². The molecule has 0 bridgehead atoms. The van der Waals surface area contributed by atoms with Crippen LogP contribution in [0.5, 0.6) is 0 Å². The molecule has 0 saturated heterocycles. The fourth-order valence-electron chi connectivity index (χ4n) is 3.10. The normalized spacial score (nSPS) is 10.5. The lowest BCUT2D eigenvalue weighted by Gasteiger charge is -2.07. The SMILES string of the molecule is CCOC(=O)c1[nH]c(C)c(-c2ccc(C(=O)Nc3ccccc3)cc2)c1C. The van der Waals surface area contributed by atoms with E-state index in [9.17, 15) is 9.59 Å². The quantitative estimate of drug-likeness (QED) is 0.645. The third-order valence-electron chi connectivity index (χ3n) is 4.38. The molecule has 0 radical (unpaired) electrons. The Morgan fingerprint density at radius 1 is 1.00 bits per heavy atom. The van der Waals surface area contributed by atoms with Crippen molar-refractivity contribution < 1.29 is 14.3 Å². The summed E-state index contributed by atoms with van der Waals surface area (Å²) in [5.41, 5.74) is 5.41. The Kier molecular flexibility index (Phi) is 5.41. The van der Waals surface area contributed by atoms with Gasteiger partial charge in [-0.05, 0) is 56.2 Å². The highest BCUT2D eigenvalue weighted by atomic mass is 16.5. The van der Waals surface area contributed by atoms with Crippen LogP contribution in [0.2, 0.25) is 0 Å². The minimum Gasteiger partial charge on any atom is -0.461 e. The number of rotatable bonds is 5. The van der Waals surface area contributed by atoms with Gasteiger partial charge >= 0.3 is 5.97 Å². The molecule has 2 N–H and O–H groups in total. The van der Waals surface area contributed by atoms with E-state index in [0.717, 1.165) is 28.1 Å². The number of hydrogen-bond donors (Lipinski definition) is 2. The summed E-state index contributed by atoms with van der Waals surface area (Å²) in [4.78, 5) is 27.6. The van der Waals surface area contributed by atoms with Gasteiger partial charge in [0, 0.05) is 22.5 Å². The van der Waals surface area contributed by atoms with Crippen LogP contribution in [0.4, 0.5) is 5.69 Å². The monoisotopic (exact) mass is 362 g/mol. The summed E-state index contributed by atoms with van der Waals surface area (Å²) in [6.45, 7) is 5.92. The molecule has 0 aliphatic carbocycles. The van der Waals surface area contributed by atoms with E-state index in [1.807, 2.05) is 56.3 Å². The molecule has 0 atom stereocenters. The Morgan fingerprint density at radius 3 is 2.30 bits per heavy atom. The topological polar surface area (TPSA) is 71.2 Å². The van der Waals surface area contributed by atoms with Gasteiger partial charge in [0.1, 0.15) is 5.69 Å². The standard InChI is InChI=1S/C22H22N2O3/c1-4-27-22(26)20-14(2)19(15(3)23-20)16-10-12-17(13-11-16)21(25)24-18-8-6-5-7-9-18/h5-13,23H,4H2,1-3H3,(H,24,25). The summed E-state index contributed by atoms with van der Waals surface area (Å²) in [5.74, 6) is -0.523. The maximum absolute atomic E-state index is 12.4. The number of aromatic amines is 1. The second kappa shape index (κ2) is 7.91. The fraction of sp³-hybridized carbons (Fsp3) is 0.182. The van der Waals surface area contributed by atoms with Crippen LogP contribution in [-0.2, 0) is 4.74 Å². The molecule has 3 aromatic rings. The van der Waals surface area contributed by atoms with Crippen LogP contribution >= 0.6 is 0 Å². The Morgan fingerprint density at radius 2 is 1.67 bits per heavy atom. The Bertz CT molecular complexity index is 957. The zero-order valence-electron chi connectivity index (χ0n) is 15.6. The highest BCUT2D eigenvalue weighted by Gasteiger charge is 2.19. The molecule has 1 aromatic heterocycles. The third-order valence-corrected chi connectivity index (χ3v) is 4.38. The van der Waals surface area contributed by atoms with Gasteiger partial charge in [0.05, 0.1) is 6.61 Å². The molecule has 0 aliphatic heterocycles. The van der Waals surface area contributed by atoms with Crippen LogP contribution in [-0.4, -0.2) is 23.5 Å². The van der Waals surface area contributed by atoms with Gasteiger partial charge in [0.25, 0.3) is 5.91 Å². The lowest BCUT2D eigenvalue weighted by molar-refractivity contribution is 0.0519. The van der Waals surface area contributed by atoms with E-state index in [2.05, 4.69) is 10.3 Å². The predicted octanol–water partition coefficient (Wildman–Crippen LogP) is 4.73. The average Bonchev–Trinajstić information content (AvgIpc) is 2.97. The summed E-state index contributed by atoms with van der Waals surface area (Å²) >= 11 is 0. The summed E-state index contributed by atoms with van der Waals surface area (Å²) < 4.78 is 5.10. The third kappa shape index (κ3) is 3.92. The molecule has 0 saturated carbocycles. The number of hydrogen-bond acceptors (Lipinski definition) is 3. The van der Waals surface area contributed by atoms with Crippen molar-refractivity contribution in [2.75, 3.05) is 11.9 Å².